The topological polar surface area (TPSA) is 40.2 Å². The average Bonchev–Trinajstić information content (AvgIpc) is 3.30. The van der Waals surface area contributed by atoms with Crippen molar-refractivity contribution in [3.63, 3.8) is 0 Å². The molecule has 0 radical (unpaired) electrons. The molecule has 2 heterocycles. The van der Waals surface area contributed by atoms with Gasteiger partial charge in [0.05, 0.1) is 19.0 Å². The quantitative estimate of drug-likeness (QED) is 0.486. The van der Waals surface area contributed by atoms with Crippen molar-refractivity contribution in [3.05, 3.63) is 83.7 Å². The molecule has 4 heteroatoms. The first-order valence-corrected chi connectivity index (χ1v) is 9.68. The summed E-state index contributed by atoms with van der Waals surface area (Å²) in [5.41, 5.74) is 7.49. The summed E-state index contributed by atoms with van der Waals surface area (Å²) in [6.07, 6.45) is 7.26. The van der Waals surface area contributed by atoms with Gasteiger partial charge in [-0.3, -0.25) is 0 Å². The van der Waals surface area contributed by atoms with E-state index in [1.807, 2.05) is 18.3 Å². The van der Waals surface area contributed by atoms with Gasteiger partial charge in [0, 0.05) is 23.9 Å². The van der Waals surface area contributed by atoms with E-state index in [-0.39, 0.29) is 0 Å². The highest BCUT2D eigenvalue weighted by molar-refractivity contribution is 5.77. The molecule has 0 unspecified atom stereocenters. The maximum atomic E-state index is 5.67. The normalized spacial score (nSPS) is 12.9. The third-order valence-electron chi connectivity index (χ3n) is 5.50. The number of methoxy groups -OCH3 is 1. The molecule has 2 aromatic heterocycles. The van der Waals surface area contributed by atoms with Gasteiger partial charge in [0.25, 0.3) is 0 Å². The number of fused-ring (bicyclic) bond motifs is 3. The smallest absolute Gasteiger partial charge is 0.171 e. The molecule has 0 atom stereocenters. The summed E-state index contributed by atoms with van der Waals surface area (Å²) in [6, 6.07) is 18.9. The molecule has 0 aliphatic heterocycles. The fourth-order valence-electron chi connectivity index (χ4n) is 4.15. The van der Waals surface area contributed by atoms with E-state index < -0.39 is 0 Å². The molecular weight excluding hydrogens is 348 g/mol. The van der Waals surface area contributed by atoms with Gasteiger partial charge >= 0.3 is 0 Å². The van der Waals surface area contributed by atoms with Crippen molar-refractivity contribution in [1.29, 1.82) is 0 Å². The predicted octanol–water partition coefficient (Wildman–Crippen LogP) is 5.36. The Morgan fingerprint density at radius 1 is 1.04 bits per heavy atom. The number of benzene rings is 2. The van der Waals surface area contributed by atoms with Crippen LogP contribution in [0.15, 0.2) is 71.5 Å². The zero-order chi connectivity index (χ0) is 18.9. The van der Waals surface area contributed by atoms with Crippen molar-refractivity contribution in [2.24, 2.45) is 0 Å². The zero-order valence-electron chi connectivity index (χ0n) is 15.9. The summed E-state index contributed by atoms with van der Waals surface area (Å²) in [4.78, 5) is 0. The van der Waals surface area contributed by atoms with Crippen LogP contribution in [0.1, 0.15) is 23.1 Å². The lowest BCUT2D eigenvalue weighted by molar-refractivity contribution is 0.414. The van der Waals surface area contributed by atoms with Gasteiger partial charge in [-0.1, -0.05) is 47.6 Å². The largest absolute Gasteiger partial charge is 0.497 e. The van der Waals surface area contributed by atoms with Gasteiger partial charge in [-0.2, -0.15) is 0 Å². The van der Waals surface area contributed by atoms with Gasteiger partial charge in [0.15, 0.2) is 5.76 Å². The summed E-state index contributed by atoms with van der Waals surface area (Å²) < 4.78 is 13.3. The molecule has 28 heavy (non-hydrogen) atoms. The molecule has 0 saturated carbocycles. The van der Waals surface area contributed by atoms with E-state index in [4.69, 9.17) is 9.26 Å². The fourth-order valence-corrected chi connectivity index (χ4v) is 4.15. The zero-order valence-corrected chi connectivity index (χ0v) is 15.9. The van der Waals surface area contributed by atoms with Gasteiger partial charge in [-0.25, -0.2) is 0 Å². The summed E-state index contributed by atoms with van der Waals surface area (Å²) in [5.74, 6) is 1.81. The van der Waals surface area contributed by atoms with Gasteiger partial charge in [0.2, 0.25) is 0 Å². The molecule has 0 N–H and O–H groups in total. The summed E-state index contributed by atoms with van der Waals surface area (Å²) in [5, 5.41) is 4.06. The highest BCUT2D eigenvalue weighted by atomic mass is 16.5. The lowest BCUT2D eigenvalue weighted by Crippen LogP contribution is -2.02. The molecule has 0 saturated heterocycles. The molecular formula is C24H22N2O2. The van der Waals surface area contributed by atoms with Crippen molar-refractivity contribution >= 4 is 0 Å². The Bertz CT molecular complexity index is 1090. The van der Waals surface area contributed by atoms with Crippen molar-refractivity contribution in [1.82, 2.24) is 9.72 Å². The third-order valence-corrected chi connectivity index (χ3v) is 5.50. The molecule has 4 nitrogen and oxygen atoms in total. The molecule has 0 spiro atoms. The second-order valence-electron chi connectivity index (χ2n) is 7.25. The van der Waals surface area contributed by atoms with E-state index in [1.165, 1.54) is 33.5 Å². The number of aromatic nitrogens is 2. The minimum atomic E-state index is 0.796. The van der Waals surface area contributed by atoms with Crippen molar-refractivity contribution in [3.8, 4) is 28.3 Å². The maximum Gasteiger partial charge on any atom is 0.171 e. The second-order valence-corrected chi connectivity index (χ2v) is 7.25. The summed E-state index contributed by atoms with van der Waals surface area (Å²) in [6.45, 7) is 0.796. The minimum absolute atomic E-state index is 0.796. The number of hydrogen-bond donors (Lipinski definition) is 0. The Hall–Kier alpha value is -3.27. The lowest BCUT2D eigenvalue weighted by Gasteiger charge is -2.12. The van der Waals surface area contributed by atoms with E-state index >= 15 is 0 Å². The van der Waals surface area contributed by atoms with Crippen LogP contribution in [0.25, 0.3) is 22.6 Å². The molecule has 0 bridgehead atoms. The Kier molecular flexibility index (Phi) is 4.24. The number of ether oxygens (including phenoxy) is 1. The number of aryl methyl sites for hydroxylation is 1. The SMILES string of the molecule is COc1ccc(Cn2cc3c(c2-c2ccccc2)CCCc2cnoc2-3)cc1. The van der Waals surface area contributed by atoms with Crippen LogP contribution in [0.2, 0.25) is 0 Å². The first-order valence-electron chi connectivity index (χ1n) is 9.68. The van der Waals surface area contributed by atoms with Crippen molar-refractivity contribution in [2.75, 3.05) is 7.11 Å². The molecule has 5 rings (SSSR count). The van der Waals surface area contributed by atoms with Crippen molar-refractivity contribution in [2.45, 2.75) is 25.8 Å². The van der Waals surface area contributed by atoms with Crippen LogP contribution in [0.5, 0.6) is 5.75 Å². The minimum Gasteiger partial charge on any atom is -0.497 e. The van der Waals surface area contributed by atoms with Crippen LogP contribution < -0.4 is 4.74 Å². The molecule has 0 fully saturated rings. The molecule has 0 amide bonds. The van der Waals surface area contributed by atoms with Crippen LogP contribution in [-0.2, 0) is 19.4 Å². The lowest BCUT2D eigenvalue weighted by atomic mass is 10.0. The van der Waals surface area contributed by atoms with Crippen LogP contribution in [-0.4, -0.2) is 16.8 Å². The Morgan fingerprint density at radius 3 is 2.64 bits per heavy atom. The Balaban J connectivity index is 1.65. The second kappa shape index (κ2) is 7.04. The maximum absolute atomic E-state index is 5.67. The third kappa shape index (κ3) is 2.91. The van der Waals surface area contributed by atoms with E-state index in [2.05, 4.69) is 58.4 Å². The molecule has 140 valence electrons. The first kappa shape index (κ1) is 16.9. The van der Waals surface area contributed by atoms with E-state index in [0.717, 1.165) is 37.3 Å². The van der Waals surface area contributed by atoms with E-state index in [1.54, 1.807) is 7.11 Å². The van der Waals surface area contributed by atoms with Gasteiger partial charge in [0.1, 0.15) is 5.75 Å². The number of rotatable bonds is 4. The van der Waals surface area contributed by atoms with E-state index in [9.17, 15) is 0 Å². The standard InChI is InChI=1S/C24H22N2O2/c1-27-20-12-10-17(11-13-20)15-26-16-22-21(23(26)18-6-3-2-4-7-18)9-5-8-19-14-25-28-24(19)22/h2-4,6-7,10-14,16H,5,8-9,15H2,1H3. The van der Waals surface area contributed by atoms with Crippen LogP contribution in [0, 0.1) is 0 Å². The number of nitrogens with zero attached hydrogens (tertiary/aromatic N) is 2. The van der Waals surface area contributed by atoms with Crippen LogP contribution >= 0.6 is 0 Å². The van der Waals surface area contributed by atoms with E-state index in [0.29, 0.717) is 0 Å². The predicted molar refractivity (Wildman–Crippen MR) is 109 cm³/mol. The van der Waals surface area contributed by atoms with Gasteiger partial charge in [-0.15, -0.1) is 0 Å². The fraction of sp³-hybridized carbons (Fsp3) is 0.208. The highest BCUT2D eigenvalue weighted by Gasteiger charge is 2.25. The molecule has 2 aromatic carbocycles. The highest BCUT2D eigenvalue weighted by Crippen LogP contribution is 2.39. The molecule has 1 aliphatic carbocycles. The van der Waals surface area contributed by atoms with Gasteiger partial charge < -0.3 is 13.8 Å². The van der Waals surface area contributed by atoms with Crippen molar-refractivity contribution < 1.29 is 9.26 Å². The average molecular weight is 370 g/mol. The van der Waals surface area contributed by atoms with Gasteiger partial charge in [-0.05, 0) is 48.1 Å². The summed E-state index contributed by atoms with van der Waals surface area (Å²) >= 11 is 0. The number of hydrogen-bond acceptors (Lipinski definition) is 3. The monoisotopic (exact) mass is 370 g/mol. The van der Waals surface area contributed by atoms with Crippen LogP contribution in [0.4, 0.5) is 0 Å². The Labute approximate surface area is 164 Å². The van der Waals surface area contributed by atoms with Crippen LogP contribution in [0.3, 0.4) is 0 Å². The summed E-state index contributed by atoms with van der Waals surface area (Å²) in [7, 11) is 1.69. The molecule has 4 aromatic rings. The molecule has 1 aliphatic rings. The Morgan fingerprint density at radius 2 is 1.86 bits per heavy atom. The first-order chi connectivity index (χ1) is 13.8.